The molecule has 6 heteroatoms. The number of nitrogens with zero attached hydrogens (tertiary/aromatic N) is 2. The van der Waals surface area contributed by atoms with E-state index in [1.165, 1.54) is 4.90 Å². The molecule has 0 saturated carbocycles. The van der Waals surface area contributed by atoms with E-state index in [1.54, 1.807) is 6.07 Å². The second kappa shape index (κ2) is 4.76. The number of carboxylic acid groups (broad SMARTS) is 1. The highest BCUT2D eigenvalue weighted by Crippen LogP contribution is 2.35. The Morgan fingerprint density at radius 1 is 1.37 bits per heavy atom. The summed E-state index contributed by atoms with van der Waals surface area (Å²) in [6.45, 7) is 2.45. The summed E-state index contributed by atoms with van der Waals surface area (Å²) in [5.74, 6) is -0.204. The normalized spacial score (nSPS) is 22.8. The average molecular weight is 329 g/mol. The fourth-order valence-electron chi connectivity index (χ4n) is 2.99. The van der Waals surface area contributed by atoms with Gasteiger partial charge in [-0.25, -0.2) is 9.18 Å². The molecule has 0 unspecified atom stereocenters. The molecule has 1 aromatic rings. The molecular formula is C13H14BrFN2O2. The van der Waals surface area contributed by atoms with Gasteiger partial charge in [-0.2, -0.15) is 0 Å². The molecule has 1 saturated heterocycles. The molecule has 4 nitrogen and oxygen atoms in total. The van der Waals surface area contributed by atoms with E-state index in [2.05, 4.69) is 20.8 Å². The summed E-state index contributed by atoms with van der Waals surface area (Å²) < 4.78 is 14.6. The Balaban J connectivity index is 1.97. The second-order valence-electron chi connectivity index (χ2n) is 4.96. The maximum atomic E-state index is 14.1. The highest BCUT2D eigenvalue weighted by Gasteiger charge is 2.35. The Bertz CT molecular complexity index is 538. The Morgan fingerprint density at radius 3 is 2.89 bits per heavy atom. The van der Waals surface area contributed by atoms with Crippen molar-refractivity contribution >= 4 is 22.0 Å². The third-order valence-electron chi connectivity index (χ3n) is 4.00. The third kappa shape index (κ3) is 2.12. The van der Waals surface area contributed by atoms with Gasteiger partial charge >= 0.3 is 6.09 Å². The molecule has 0 aliphatic carbocycles. The second-order valence-corrected chi connectivity index (χ2v) is 5.81. The first kappa shape index (κ1) is 12.9. The fraction of sp³-hybridized carbons (Fsp3) is 0.462. The molecule has 1 aromatic carbocycles. The van der Waals surface area contributed by atoms with E-state index in [1.807, 2.05) is 6.07 Å². The highest BCUT2D eigenvalue weighted by molar-refractivity contribution is 9.10. The smallest absolute Gasteiger partial charge is 0.407 e. The monoisotopic (exact) mass is 328 g/mol. The molecule has 0 bridgehead atoms. The Hall–Kier alpha value is -1.14. The number of piperazine rings is 1. The van der Waals surface area contributed by atoms with Crippen LogP contribution in [0.5, 0.6) is 0 Å². The molecule has 0 radical (unpaired) electrons. The van der Waals surface area contributed by atoms with Gasteiger partial charge in [0.1, 0.15) is 5.82 Å². The van der Waals surface area contributed by atoms with Gasteiger partial charge in [0.25, 0.3) is 0 Å². The zero-order valence-electron chi connectivity index (χ0n) is 10.3. The summed E-state index contributed by atoms with van der Waals surface area (Å²) >= 11 is 3.20. The lowest BCUT2D eigenvalue weighted by Gasteiger charge is -2.44. The standard InChI is InChI=1S/C13H14BrFN2O2/c14-10-2-1-8-9(12(10)15)3-4-16-5-6-17(13(18)19)7-11(8)16/h1-2,11H,3-7H2,(H,18,19)/t11-/m0/s1. The molecule has 2 heterocycles. The van der Waals surface area contributed by atoms with Crippen LogP contribution >= 0.6 is 15.9 Å². The topological polar surface area (TPSA) is 43.8 Å². The largest absolute Gasteiger partial charge is 0.465 e. The van der Waals surface area contributed by atoms with Crippen molar-refractivity contribution in [2.75, 3.05) is 26.2 Å². The van der Waals surface area contributed by atoms with Crippen molar-refractivity contribution in [2.24, 2.45) is 0 Å². The van der Waals surface area contributed by atoms with E-state index >= 15 is 0 Å². The predicted molar refractivity (Wildman–Crippen MR) is 71.7 cm³/mol. The minimum Gasteiger partial charge on any atom is -0.465 e. The van der Waals surface area contributed by atoms with Crippen molar-refractivity contribution < 1.29 is 14.3 Å². The molecule has 2 aliphatic heterocycles. The van der Waals surface area contributed by atoms with E-state index in [-0.39, 0.29) is 11.9 Å². The zero-order valence-corrected chi connectivity index (χ0v) is 11.9. The van der Waals surface area contributed by atoms with Crippen molar-refractivity contribution in [3.63, 3.8) is 0 Å². The molecule has 1 amide bonds. The van der Waals surface area contributed by atoms with Crippen molar-refractivity contribution in [1.82, 2.24) is 9.80 Å². The average Bonchev–Trinajstić information content (AvgIpc) is 2.41. The maximum Gasteiger partial charge on any atom is 0.407 e. The number of amides is 1. The predicted octanol–water partition coefficient (Wildman–Crippen LogP) is 2.48. The molecule has 102 valence electrons. The number of benzene rings is 1. The molecule has 0 aromatic heterocycles. The van der Waals surface area contributed by atoms with Crippen LogP contribution in [-0.2, 0) is 6.42 Å². The van der Waals surface area contributed by atoms with Crippen LogP contribution in [0.15, 0.2) is 16.6 Å². The summed E-state index contributed by atoms with van der Waals surface area (Å²) in [7, 11) is 0. The van der Waals surface area contributed by atoms with Crippen LogP contribution in [0.3, 0.4) is 0 Å². The molecule has 19 heavy (non-hydrogen) atoms. The molecule has 1 atom stereocenters. The molecule has 1 fully saturated rings. The first-order valence-corrected chi connectivity index (χ1v) is 7.06. The Morgan fingerprint density at radius 2 is 2.16 bits per heavy atom. The van der Waals surface area contributed by atoms with Gasteiger partial charge in [0.05, 0.1) is 10.5 Å². The number of halogens is 2. The van der Waals surface area contributed by atoms with Gasteiger partial charge in [-0.1, -0.05) is 6.07 Å². The quantitative estimate of drug-likeness (QED) is 0.795. The van der Waals surface area contributed by atoms with Gasteiger partial charge in [-0.3, -0.25) is 4.90 Å². The van der Waals surface area contributed by atoms with Crippen LogP contribution in [0, 0.1) is 5.82 Å². The van der Waals surface area contributed by atoms with E-state index < -0.39 is 6.09 Å². The van der Waals surface area contributed by atoms with Crippen LogP contribution in [0.2, 0.25) is 0 Å². The van der Waals surface area contributed by atoms with Gasteiger partial charge < -0.3 is 10.0 Å². The van der Waals surface area contributed by atoms with Gasteiger partial charge in [0.15, 0.2) is 0 Å². The molecule has 1 N–H and O–H groups in total. The summed E-state index contributed by atoms with van der Waals surface area (Å²) in [6, 6.07) is 3.60. The molecule has 3 rings (SSSR count). The maximum absolute atomic E-state index is 14.1. The SMILES string of the molecule is O=C(O)N1CCN2CCc3c(ccc(Br)c3F)[C@@H]2C1. The minimum atomic E-state index is -0.899. The van der Waals surface area contributed by atoms with Crippen LogP contribution in [0.4, 0.5) is 9.18 Å². The van der Waals surface area contributed by atoms with Gasteiger partial charge in [0, 0.05) is 26.2 Å². The number of carbonyl (C=O) groups is 1. The van der Waals surface area contributed by atoms with E-state index in [0.717, 1.165) is 17.7 Å². The lowest BCUT2D eigenvalue weighted by Crippen LogP contribution is -2.52. The first-order chi connectivity index (χ1) is 9.08. The zero-order chi connectivity index (χ0) is 13.6. The number of fused-ring (bicyclic) bond motifs is 3. The lowest BCUT2D eigenvalue weighted by molar-refractivity contribution is 0.0628. The van der Waals surface area contributed by atoms with Crippen molar-refractivity contribution in [1.29, 1.82) is 0 Å². The lowest BCUT2D eigenvalue weighted by atomic mass is 9.90. The molecule has 0 spiro atoms. The van der Waals surface area contributed by atoms with Crippen LogP contribution in [0.1, 0.15) is 17.2 Å². The first-order valence-electron chi connectivity index (χ1n) is 6.26. The summed E-state index contributed by atoms with van der Waals surface area (Å²) in [5, 5.41) is 9.10. The van der Waals surface area contributed by atoms with Crippen LogP contribution in [0.25, 0.3) is 0 Å². The van der Waals surface area contributed by atoms with Crippen LogP contribution < -0.4 is 0 Å². The fourth-order valence-corrected chi connectivity index (χ4v) is 3.36. The number of hydrogen-bond donors (Lipinski definition) is 1. The minimum absolute atomic E-state index is 0.0174. The van der Waals surface area contributed by atoms with Crippen molar-refractivity contribution in [3.05, 3.63) is 33.5 Å². The summed E-state index contributed by atoms with van der Waals surface area (Å²) in [4.78, 5) is 14.7. The number of hydrogen-bond acceptors (Lipinski definition) is 2. The van der Waals surface area contributed by atoms with Gasteiger partial charge in [-0.05, 0) is 39.5 Å². The van der Waals surface area contributed by atoms with E-state index in [4.69, 9.17) is 5.11 Å². The van der Waals surface area contributed by atoms with Crippen LogP contribution in [-0.4, -0.2) is 47.2 Å². The van der Waals surface area contributed by atoms with E-state index in [9.17, 15) is 9.18 Å². The number of rotatable bonds is 0. The van der Waals surface area contributed by atoms with Crippen molar-refractivity contribution in [2.45, 2.75) is 12.5 Å². The summed E-state index contributed by atoms with van der Waals surface area (Å²) in [5.41, 5.74) is 1.65. The van der Waals surface area contributed by atoms with E-state index in [0.29, 0.717) is 30.5 Å². The highest BCUT2D eigenvalue weighted by atomic mass is 79.9. The molecule has 2 aliphatic rings. The van der Waals surface area contributed by atoms with Gasteiger partial charge in [-0.15, -0.1) is 0 Å². The third-order valence-corrected chi connectivity index (χ3v) is 4.61. The Labute approximate surface area is 118 Å². The summed E-state index contributed by atoms with van der Waals surface area (Å²) in [6.07, 6.45) is -0.214. The molecular weight excluding hydrogens is 315 g/mol. The van der Waals surface area contributed by atoms with Gasteiger partial charge in [0.2, 0.25) is 0 Å². The van der Waals surface area contributed by atoms with Crippen molar-refractivity contribution in [3.8, 4) is 0 Å². The Kier molecular flexibility index (Phi) is 3.22.